The summed E-state index contributed by atoms with van der Waals surface area (Å²) in [7, 11) is 0. The lowest BCUT2D eigenvalue weighted by Gasteiger charge is -2.10. The Balaban J connectivity index is 2.44. The topological polar surface area (TPSA) is 60.9 Å². The highest BCUT2D eigenvalue weighted by Gasteiger charge is 2.08. The Morgan fingerprint density at radius 3 is 2.78 bits per heavy atom. The van der Waals surface area contributed by atoms with Crippen LogP contribution in [0, 0.1) is 6.92 Å². The third-order valence-corrected chi connectivity index (χ3v) is 4.49. The van der Waals surface area contributed by atoms with E-state index in [9.17, 15) is 4.79 Å². The molecule has 4 nitrogen and oxygen atoms in total. The van der Waals surface area contributed by atoms with Gasteiger partial charge < -0.3 is 5.73 Å². The maximum Gasteiger partial charge on any atom is 0.268 e. The number of hydrogen-bond acceptors (Lipinski definition) is 3. The van der Waals surface area contributed by atoms with E-state index >= 15 is 0 Å². The highest BCUT2D eigenvalue weighted by molar-refractivity contribution is 9.11. The number of halogens is 2. The van der Waals surface area contributed by atoms with Crippen molar-refractivity contribution in [2.45, 2.75) is 13.5 Å². The predicted molar refractivity (Wildman–Crippen MR) is 78.6 cm³/mol. The molecule has 0 aliphatic carbocycles. The van der Waals surface area contributed by atoms with Gasteiger partial charge in [-0.2, -0.15) is 0 Å². The number of aromatic nitrogens is 2. The van der Waals surface area contributed by atoms with Gasteiger partial charge in [-0.15, -0.1) is 0 Å². The smallest absolute Gasteiger partial charge is 0.268 e. The van der Waals surface area contributed by atoms with E-state index in [1.165, 1.54) is 10.9 Å². The highest BCUT2D eigenvalue weighted by atomic mass is 79.9. The van der Waals surface area contributed by atoms with Crippen LogP contribution in [-0.4, -0.2) is 9.55 Å². The van der Waals surface area contributed by atoms with Crippen molar-refractivity contribution < 1.29 is 0 Å². The lowest BCUT2D eigenvalue weighted by Crippen LogP contribution is -2.22. The first-order valence-corrected chi connectivity index (χ1v) is 6.83. The number of aryl methyl sites for hydroxylation is 1. The molecule has 0 spiro atoms. The summed E-state index contributed by atoms with van der Waals surface area (Å²) in [4.78, 5) is 16.2. The van der Waals surface area contributed by atoms with Gasteiger partial charge in [0.2, 0.25) is 0 Å². The normalized spacial score (nSPS) is 10.6. The van der Waals surface area contributed by atoms with Crippen molar-refractivity contribution in [2.75, 3.05) is 5.73 Å². The largest absolute Gasteiger partial charge is 0.398 e. The van der Waals surface area contributed by atoms with Crippen LogP contribution < -0.4 is 11.3 Å². The first-order valence-electron chi connectivity index (χ1n) is 5.25. The molecular formula is C12H11Br2N3O. The molecule has 18 heavy (non-hydrogen) atoms. The molecule has 1 heterocycles. The standard InChI is InChI=1S/C12H11Br2N3O/c1-7-10(13)12(18)17(6-16-7)5-8-3-2-4-9(15)11(8)14/h2-4,6H,5,15H2,1H3. The molecule has 1 aromatic heterocycles. The van der Waals surface area contributed by atoms with Gasteiger partial charge in [0.15, 0.2) is 0 Å². The number of nitrogens with two attached hydrogens (primary N) is 1. The highest BCUT2D eigenvalue weighted by Crippen LogP contribution is 2.24. The van der Waals surface area contributed by atoms with Gasteiger partial charge in [-0.25, -0.2) is 4.98 Å². The van der Waals surface area contributed by atoms with Gasteiger partial charge in [0.1, 0.15) is 4.47 Å². The molecule has 0 saturated carbocycles. The van der Waals surface area contributed by atoms with Crippen LogP contribution in [-0.2, 0) is 6.54 Å². The second-order valence-corrected chi connectivity index (χ2v) is 5.48. The molecule has 6 heteroatoms. The molecule has 2 N–H and O–H groups in total. The van der Waals surface area contributed by atoms with Gasteiger partial charge in [0.25, 0.3) is 5.56 Å². The van der Waals surface area contributed by atoms with Crippen molar-refractivity contribution in [3.05, 3.63) is 55.1 Å². The summed E-state index contributed by atoms with van der Waals surface area (Å²) in [5, 5.41) is 0. The summed E-state index contributed by atoms with van der Waals surface area (Å²) in [6.07, 6.45) is 1.54. The van der Waals surface area contributed by atoms with Gasteiger partial charge in [-0.05, 0) is 50.4 Å². The van der Waals surface area contributed by atoms with E-state index < -0.39 is 0 Å². The van der Waals surface area contributed by atoms with Crippen LogP contribution in [0.25, 0.3) is 0 Å². The van der Waals surface area contributed by atoms with Crippen molar-refractivity contribution in [3.8, 4) is 0 Å². The molecule has 0 bridgehead atoms. The molecule has 0 fully saturated rings. The average molecular weight is 373 g/mol. The molecular weight excluding hydrogens is 362 g/mol. The van der Waals surface area contributed by atoms with Crippen molar-refractivity contribution >= 4 is 37.5 Å². The molecule has 0 amide bonds. The van der Waals surface area contributed by atoms with Crippen LogP contribution in [0.1, 0.15) is 11.3 Å². The number of nitrogen functional groups attached to an aromatic ring is 1. The van der Waals surface area contributed by atoms with Crippen LogP contribution in [0.15, 0.2) is 38.3 Å². The Hall–Kier alpha value is -1.14. The van der Waals surface area contributed by atoms with Gasteiger partial charge in [0, 0.05) is 10.2 Å². The fraction of sp³-hybridized carbons (Fsp3) is 0.167. The number of nitrogens with zero attached hydrogens (tertiary/aromatic N) is 2. The third-order valence-electron chi connectivity index (χ3n) is 2.61. The summed E-state index contributed by atoms with van der Waals surface area (Å²) < 4.78 is 2.84. The summed E-state index contributed by atoms with van der Waals surface area (Å²) in [5.41, 5.74) is 7.98. The lowest BCUT2D eigenvalue weighted by molar-refractivity contribution is 0.722. The van der Waals surface area contributed by atoms with E-state index in [2.05, 4.69) is 36.8 Å². The van der Waals surface area contributed by atoms with Crippen molar-refractivity contribution in [1.29, 1.82) is 0 Å². The monoisotopic (exact) mass is 371 g/mol. The number of anilines is 1. The Bertz CT molecular complexity index is 652. The molecule has 0 aliphatic rings. The Kier molecular flexibility index (Phi) is 3.87. The van der Waals surface area contributed by atoms with Crippen LogP contribution in [0.2, 0.25) is 0 Å². The second kappa shape index (κ2) is 5.24. The number of hydrogen-bond donors (Lipinski definition) is 1. The molecule has 1 aromatic carbocycles. The first-order chi connectivity index (χ1) is 8.50. The maximum absolute atomic E-state index is 12.0. The summed E-state index contributed by atoms with van der Waals surface area (Å²) in [6.45, 7) is 2.21. The minimum atomic E-state index is -0.100. The van der Waals surface area contributed by atoms with Crippen LogP contribution in [0.3, 0.4) is 0 Å². The summed E-state index contributed by atoms with van der Waals surface area (Å²) >= 11 is 6.67. The van der Waals surface area contributed by atoms with E-state index in [-0.39, 0.29) is 5.56 Å². The second-order valence-electron chi connectivity index (χ2n) is 3.90. The zero-order valence-electron chi connectivity index (χ0n) is 9.65. The van der Waals surface area contributed by atoms with E-state index in [0.717, 1.165) is 10.0 Å². The Labute approximate surface area is 121 Å². The first kappa shape index (κ1) is 13.3. The van der Waals surface area contributed by atoms with E-state index in [1.807, 2.05) is 12.1 Å². The zero-order valence-corrected chi connectivity index (χ0v) is 12.8. The maximum atomic E-state index is 12.0. The molecule has 2 rings (SSSR count). The Morgan fingerprint density at radius 1 is 1.33 bits per heavy atom. The van der Waals surface area contributed by atoms with Crippen LogP contribution in [0.5, 0.6) is 0 Å². The molecule has 2 aromatic rings. The van der Waals surface area contributed by atoms with Crippen molar-refractivity contribution in [1.82, 2.24) is 9.55 Å². The Morgan fingerprint density at radius 2 is 2.06 bits per heavy atom. The van der Waals surface area contributed by atoms with Gasteiger partial charge in [0.05, 0.1) is 18.6 Å². The quantitative estimate of drug-likeness (QED) is 0.824. The van der Waals surface area contributed by atoms with Crippen LogP contribution >= 0.6 is 31.9 Å². The molecule has 94 valence electrons. The minimum absolute atomic E-state index is 0.100. The molecule has 0 unspecified atom stereocenters. The average Bonchev–Trinajstić information content (AvgIpc) is 2.35. The lowest BCUT2D eigenvalue weighted by atomic mass is 10.2. The predicted octanol–water partition coefficient (Wildman–Crippen LogP) is 2.71. The fourth-order valence-electron chi connectivity index (χ4n) is 1.56. The van der Waals surface area contributed by atoms with Crippen molar-refractivity contribution in [2.24, 2.45) is 0 Å². The van der Waals surface area contributed by atoms with Gasteiger partial charge in [-0.3, -0.25) is 9.36 Å². The third kappa shape index (κ3) is 2.49. The van der Waals surface area contributed by atoms with Crippen LogP contribution in [0.4, 0.5) is 5.69 Å². The van der Waals surface area contributed by atoms with Crippen molar-refractivity contribution in [3.63, 3.8) is 0 Å². The van der Waals surface area contributed by atoms with E-state index in [1.54, 1.807) is 13.0 Å². The minimum Gasteiger partial charge on any atom is -0.398 e. The molecule has 0 radical (unpaired) electrons. The molecule has 0 saturated heterocycles. The van der Waals surface area contributed by atoms with Gasteiger partial charge in [-0.1, -0.05) is 12.1 Å². The SMILES string of the molecule is Cc1ncn(Cc2cccc(N)c2Br)c(=O)c1Br. The number of benzene rings is 1. The molecule has 0 aliphatic heterocycles. The van der Waals surface area contributed by atoms with E-state index in [4.69, 9.17) is 5.73 Å². The fourth-order valence-corrected chi connectivity index (χ4v) is 2.28. The summed E-state index contributed by atoms with van der Waals surface area (Å²) in [6, 6.07) is 5.58. The summed E-state index contributed by atoms with van der Waals surface area (Å²) in [5.74, 6) is 0. The van der Waals surface area contributed by atoms with Gasteiger partial charge >= 0.3 is 0 Å². The van der Waals surface area contributed by atoms with E-state index in [0.29, 0.717) is 22.4 Å². The molecule has 0 atom stereocenters. The number of rotatable bonds is 2. The zero-order chi connectivity index (χ0) is 13.3.